The maximum atomic E-state index is 11.3. The van der Waals surface area contributed by atoms with Crippen molar-refractivity contribution in [1.82, 2.24) is 10.3 Å². The molecule has 0 atom stereocenters. The Labute approximate surface area is 163 Å². The molecule has 0 fully saturated rings. The van der Waals surface area contributed by atoms with E-state index in [9.17, 15) is 9.59 Å². The van der Waals surface area contributed by atoms with Crippen molar-refractivity contribution in [2.75, 3.05) is 6.61 Å². The second kappa shape index (κ2) is 10.2. The largest absolute Gasteiger partial charge is 0.477 e. The van der Waals surface area contributed by atoms with Crippen molar-refractivity contribution in [3.05, 3.63) is 44.7 Å². The van der Waals surface area contributed by atoms with Gasteiger partial charge < -0.3 is 15.0 Å². The van der Waals surface area contributed by atoms with E-state index in [0.29, 0.717) is 33.1 Å². The molecule has 2 N–H and O–H groups in total. The van der Waals surface area contributed by atoms with Crippen molar-refractivity contribution >= 4 is 41.0 Å². The summed E-state index contributed by atoms with van der Waals surface area (Å²) in [4.78, 5) is 30.3. The minimum Gasteiger partial charge on any atom is -0.477 e. The van der Waals surface area contributed by atoms with Crippen molar-refractivity contribution in [2.45, 2.75) is 41.0 Å². The van der Waals surface area contributed by atoms with Crippen LogP contribution in [0.2, 0.25) is 5.02 Å². The van der Waals surface area contributed by atoms with Gasteiger partial charge in [-0.25, -0.2) is 4.99 Å². The quantitative estimate of drug-likeness (QED) is 0.393. The number of thioether (sulfide) groups is 1. The van der Waals surface area contributed by atoms with E-state index in [1.165, 1.54) is 19.9 Å². The first-order valence-corrected chi connectivity index (χ1v) is 9.34. The molecule has 26 heavy (non-hydrogen) atoms. The number of ketones is 1. The number of ether oxygens (including phenoxy) is 1. The van der Waals surface area contributed by atoms with E-state index in [-0.39, 0.29) is 11.7 Å². The topological polar surface area (TPSA) is 83.5 Å². The molecule has 0 aliphatic rings. The van der Waals surface area contributed by atoms with E-state index in [4.69, 9.17) is 16.3 Å². The average Bonchev–Trinajstić information content (AvgIpc) is 2.79. The van der Waals surface area contributed by atoms with Gasteiger partial charge in [0.2, 0.25) is 11.8 Å². The van der Waals surface area contributed by atoms with Gasteiger partial charge in [0.1, 0.15) is 0 Å². The highest BCUT2D eigenvalue weighted by atomic mass is 35.5. The lowest BCUT2D eigenvalue weighted by Gasteiger charge is -2.10. The number of aromatic amines is 1. The van der Waals surface area contributed by atoms with Gasteiger partial charge in [-0.3, -0.25) is 9.59 Å². The number of H-pyrrole nitrogens is 1. The number of amides is 1. The third kappa shape index (κ3) is 6.38. The van der Waals surface area contributed by atoms with E-state index in [1.54, 1.807) is 0 Å². The van der Waals surface area contributed by atoms with Crippen LogP contribution in [-0.2, 0) is 20.7 Å². The molecule has 8 heteroatoms. The fraction of sp³-hybridized carbons (Fsp3) is 0.389. The summed E-state index contributed by atoms with van der Waals surface area (Å²) in [6.07, 6.45) is 2.07. The highest BCUT2D eigenvalue weighted by molar-refractivity contribution is 8.06. The third-order valence-electron chi connectivity index (χ3n) is 3.13. The molecule has 142 valence electrons. The van der Waals surface area contributed by atoms with Crippen LogP contribution in [0.25, 0.3) is 0 Å². The summed E-state index contributed by atoms with van der Waals surface area (Å²) in [5, 5.41) is 3.85. The first-order chi connectivity index (χ1) is 12.2. The summed E-state index contributed by atoms with van der Waals surface area (Å²) in [5.41, 5.74) is 2.43. The van der Waals surface area contributed by atoms with Gasteiger partial charge in [0.15, 0.2) is 5.78 Å². The minimum atomic E-state index is -0.288. The fourth-order valence-electron chi connectivity index (χ4n) is 2.17. The summed E-state index contributed by atoms with van der Waals surface area (Å²) < 4.78 is 5.66. The van der Waals surface area contributed by atoms with Gasteiger partial charge in [0, 0.05) is 24.4 Å². The van der Waals surface area contributed by atoms with Gasteiger partial charge in [-0.05, 0) is 27.2 Å². The number of carbonyl (C=O) groups is 2. The Kier molecular flexibility index (Phi) is 8.68. The summed E-state index contributed by atoms with van der Waals surface area (Å²) in [6.45, 7) is 12.8. The number of hydrogen-bond donors (Lipinski definition) is 2. The number of nitrogens with zero attached hydrogens (tertiary/aromatic N) is 1. The molecule has 6 nitrogen and oxygen atoms in total. The highest BCUT2D eigenvalue weighted by Crippen LogP contribution is 2.29. The Balaban J connectivity index is 3.18. The predicted octanol–water partition coefficient (Wildman–Crippen LogP) is 4.09. The van der Waals surface area contributed by atoms with Crippen molar-refractivity contribution < 1.29 is 14.3 Å². The standard InChI is InChI=1S/C18H24ClN3O3S/c1-7-14-17(19)16(11(4)20-14)18(25-8-2)22-13(6)26-15(9-10(3)23)21-12(5)24/h9,20H,6-8H2,1-5H3,(H,21,24)/b15-9+,22-18+. The maximum Gasteiger partial charge on any atom is 0.225 e. The molecule has 1 aromatic heterocycles. The Bertz CT molecular complexity index is 766. The summed E-state index contributed by atoms with van der Waals surface area (Å²) in [7, 11) is 0. The van der Waals surface area contributed by atoms with E-state index >= 15 is 0 Å². The van der Waals surface area contributed by atoms with Crippen LogP contribution in [-0.4, -0.2) is 29.2 Å². The Morgan fingerprint density at radius 1 is 1.38 bits per heavy atom. The van der Waals surface area contributed by atoms with Crippen molar-refractivity contribution in [3.63, 3.8) is 0 Å². The van der Waals surface area contributed by atoms with Crippen LogP contribution in [0.5, 0.6) is 0 Å². The van der Waals surface area contributed by atoms with E-state index < -0.39 is 0 Å². The molecule has 0 radical (unpaired) electrons. The number of carbonyl (C=O) groups excluding carboxylic acids is 2. The summed E-state index contributed by atoms with van der Waals surface area (Å²) in [6, 6.07) is 0. The number of halogens is 1. The molecule has 1 amide bonds. The van der Waals surface area contributed by atoms with Crippen LogP contribution in [0.1, 0.15) is 44.6 Å². The lowest BCUT2D eigenvalue weighted by Crippen LogP contribution is -2.18. The lowest BCUT2D eigenvalue weighted by atomic mass is 10.2. The zero-order valence-electron chi connectivity index (χ0n) is 15.7. The van der Waals surface area contributed by atoms with Crippen LogP contribution in [0.15, 0.2) is 27.7 Å². The monoisotopic (exact) mass is 397 g/mol. The van der Waals surface area contributed by atoms with Crippen LogP contribution in [0.4, 0.5) is 0 Å². The van der Waals surface area contributed by atoms with Crippen molar-refractivity contribution in [1.29, 1.82) is 0 Å². The van der Waals surface area contributed by atoms with Crippen LogP contribution in [0, 0.1) is 6.92 Å². The zero-order chi connectivity index (χ0) is 19.9. The van der Waals surface area contributed by atoms with Gasteiger partial charge in [-0.2, -0.15) is 0 Å². The Hall–Kier alpha value is -1.99. The SMILES string of the molecule is C=C(/N=C(/OCC)c1c(C)[nH]c(CC)c1Cl)S/C(=C/C(C)=O)NC(C)=O. The van der Waals surface area contributed by atoms with Crippen LogP contribution < -0.4 is 5.32 Å². The second-order valence-corrected chi connectivity index (χ2v) is 6.91. The fourth-order valence-corrected chi connectivity index (χ4v) is 3.37. The molecule has 0 saturated heterocycles. The first-order valence-electron chi connectivity index (χ1n) is 8.14. The van der Waals surface area contributed by atoms with E-state index in [0.717, 1.165) is 29.6 Å². The lowest BCUT2D eigenvalue weighted by molar-refractivity contribution is -0.118. The van der Waals surface area contributed by atoms with E-state index in [2.05, 4.69) is 21.9 Å². The van der Waals surface area contributed by atoms with Gasteiger partial charge in [0.25, 0.3) is 0 Å². The van der Waals surface area contributed by atoms with Crippen LogP contribution >= 0.6 is 23.4 Å². The number of rotatable bonds is 8. The molecule has 1 aromatic rings. The molecule has 0 aromatic carbocycles. The third-order valence-corrected chi connectivity index (χ3v) is 4.32. The van der Waals surface area contributed by atoms with Gasteiger partial charge >= 0.3 is 0 Å². The second-order valence-electron chi connectivity index (χ2n) is 5.42. The molecule has 0 aliphatic heterocycles. The number of aliphatic imine (C=N–C) groups is 1. The van der Waals surface area contributed by atoms with Gasteiger partial charge in [-0.15, -0.1) is 0 Å². The molecule has 1 heterocycles. The molecule has 0 saturated carbocycles. The van der Waals surface area contributed by atoms with Gasteiger partial charge in [-0.1, -0.05) is 36.9 Å². The smallest absolute Gasteiger partial charge is 0.225 e. The molecule has 0 bridgehead atoms. The molecule has 0 unspecified atom stereocenters. The number of aromatic nitrogens is 1. The zero-order valence-corrected chi connectivity index (χ0v) is 17.2. The number of aryl methyl sites for hydroxylation is 2. The molecular weight excluding hydrogens is 374 g/mol. The summed E-state index contributed by atoms with van der Waals surface area (Å²) >= 11 is 7.51. The van der Waals surface area contributed by atoms with E-state index in [1.807, 2.05) is 20.8 Å². The molecular formula is C18H24ClN3O3S. The highest BCUT2D eigenvalue weighted by Gasteiger charge is 2.19. The van der Waals surface area contributed by atoms with Crippen molar-refractivity contribution in [2.24, 2.45) is 4.99 Å². The number of nitrogens with one attached hydrogen (secondary N) is 2. The van der Waals surface area contributed by atoms with Gasteiger partial charge in [0.05, 0.1) is 27.3 Å². The molecule has 0 spiro atoms. The number of hydrogen-bond acceptors (Lipinski definition) is 5. The molecule has 0 aliphatic carbocycles. The number of allylic oxidation sites excluding steroid dienone is 1. The predicted molar refractivity (Wildman–Crippen MR) is 107 cm³/mol. The summed E-state index contributed by atoms with van der Waals surface area (Å²) in [5.74, 6) is -0.141. The Morgan fingerprint density at radius 2 is 2.04 bits per heavy atom. The van der Waals surface area contributed by atoms with Crippen molar-refractivity contribution in [3.8, 4) is 0 Å². The van der Waals surface area contributed by atoms with Crippen LogP contribution in [0.3, 0.4) is 0 Å². The maximum absolute atomic E-state index is 11.3. The normalized spacial score (nSPS) is 12.1. The Morgan fingerprint density at radius 3 is 2.50 bits per heavy atom. The molecule has 1 rings (SSSR count). The minimum absolute atomic E-state index is 0.194. The average molecular weight is 398 g/mol. The first kappa shape index (κ1) is 22.1.